The maximum Gasteiger partial charge on any atom is 0.118 e. The summed E-state index contributed by atoms with van der Waals surface area (Å²) in [7, 11) is 3.35. The highest BCUT2D eigenvalue weighted by Crippen LogP contribution is 2.37. The van der Waals surface area contributed by atoms with Crippen LogP contribution in [0.2, 0.25) is 0 Å². The second kappa shape index (κ2) is 12.6. The van der Waals surface area contributed by atoms with Crippen molar-refractivity contribution in [3.05, 3.63) is 166 Å². The molecule has 2 N–H and O–H groups in total. The van der Waals surface area contributed by atoms with Crippen LogP contribution in [0.5, 0.6) is 11.5 Å². The Morgan fingerprint density at radius 2 is 0.625 bits per heavy atom. The van der Waals surface area contributed by atoms with Gasteiger partial charge in [-0.25, -0.2) is 0 Å². The molecule has 0 amide bonds. The fraction of sp³-hybridized carbons (Fsp3) is 0.167. The van der Waals surface area contributed by atoms with Crippen molar-refractivity contribution in [2.45, 2.75) is 25.0 Å². The van der Waals surface area contributed by atoms with Gasteiger partial charge in [0.05, 0.1) is 27.4 Å². The fourth-order valence-electron chi connectivity index (χ4n) is 5.26. The van der Waals surface area contributed by atoms with Crippen molar-refractivity contribution in [1.29, 1.82) is 0 Å². The first-order chi connectivity index (χ1) is 19.6. The number of hydrogen-bond donors (Lipinski definition) is 2. The summed E-state index contributed by atoms with van der Waals surface area (Å²) in [6.07, 6.45) is 0. The van der Waals surface area contributed by atoms with E-state index in [1.807, 2.05) is 48.5 Å². The zero-order valence-corrected chi connectivity index (χ0v) is 22.8. The molecule has 0 spiro atoms. The quantitative estimate of drug-likeness (QED) is 0.190. The van der Waals surface area contributed by atoms with E-state index in [-0.39, 0.29) is 25.0 Å². The van der Waals surface area contributed by atoms with Crippen LogP contribution >= 0.6 is 0 Å². The van der Waals surface area contributed by atoms with Crippen LogP contribution in [0.1, 0.15) is 56.3 Å². The van der Waals surface area contributed by atoms with Crippen molar-refractivity contribution in [1.82, 2.24) is 0 Å². The van der Waals surface area contributed by atoms with Crippen LogP contribution in [-0.2, 0) is 13.2 Å². The maximum atomic E-state index is 9.55. The Bertz CT molecular complexity index is 1280. The number of aliphatic hydroxyl groups excluding tert-OH is 2. The van der Waals surface area contributed by atoms with Gasteiger partial charge in [0.15, 0.2) is 0 Å². The molecular weight excluding hydrogens is 496 g/mol. The summed E-state index contributed by atoms with van der Waals surface area (Å²) in [4.78, 5) is 0. The molecule has 0 radical (unpaired) electrons. The Hall–Kier alpha value is -4.38. The molecule has 5 aromatic rings. The first-order valence-corrected chi connectivity index (χ1v) is 13.4. The summed E-state index contributed by atoms with van der Waals surface area (Å²) in [6.45, 7) is 0.0441. The highest BCUT2D eigenvalue weighted by molar-refractivity contribution is 5.49. The molecule has 0 bridgehead atoms. The van der Waals surface area contributed by atoms with Crippen molar-refractivity contribution in [3.63, 3.8) is 0 Å². The van der Waals surface area contributed by atoms with Crippen molar-refractivity contribution in [2.24, 2.45) is 0 Å². The normalized spacial score (nSPS) is 12.5. The zero-order valence-electron chi connectivity index (χ0n) is 22.8. The Labute approximate surface area is 236 Å². The van der Waals surface area contributed by atoms with Gasteiger partial charge < -0.3 is 19.7 Å². The molecule has 0 heterocycles. The predicted octanol–water partition coefficient (Wildman–Crippen LogP) is 7.05. The molecule has 0 saturated heterocycles. The SMILES string of the molecule is COc1ccc(C(c2ccc(CO)cc2)c2ccc(C(c3ccc(CO)cc3)c3ccc(OC)cc3)cc2)cc1. The van der Waals surface area contributed by atoms with Crippen LogP contribution in [0.15, 0.2) is 121 Å². The molecule has 2 atom stereocenters. The highest BCUT2D eigenvalue weighted by Gasteiger charge is 2.20. The molecule has 0 aliphatic heterocycles. The van der Waals surface area contributed by atoms with Gasteiger partial charge in [0.1, 0.15) is 11.5 Å². The van der Waals surface area contributed by atoms with E-state index < -0.39 is 0 Å². The Morgan fingerprint density at radius 3 is 0.850 bits per heavy atom. The van der Waals surface area contributed by atoms with Gasteiger partial charge in [-0.15, -0.1) is 0 Å². The van der Waals surface area contributed by atoms with Gasteiger partial charge in [-0.2, -0.15) is 0 Å². The summed E-state index contributed by atoms with van der Waals surface area (Å²) in [5.41, 5.74) is 8.77. The lowest BCUT2D eigenvalue weighted by molar-refractivity contribution is 0.281. The molecule has 40 heavy (non-hydrogen) atoms. The number of methoxy groups -OCH3 is 2. The third kappa shape index (κ3) is 5.94. The number of benzene rings is 5. The summed E-state index contributed by atoms with van der Waals surface area (Å²) in [5, 5.41) is 19.1. The summed E-state index contributed by atoms with van der Waals surface area (Å²) >= 11 is 0. The van der Waals surface area contributed by atoms with E-state index in [1.165, 1.54) is 11.1 Å². The smallest absolute Gasteiger partial charge is 0.118 e. The lowest BCUT2D eigenvalue weighted by Crippen LogP contribution is -2.07. The Kier molecular flexibility index (Phi) is 8.60. The van der Waals surface area contributed by atoms with E-state index >= 15 is 0 Å². The van der Waals surface area contributed by atoms with Gasteiger partial charge in [0.25, 0.3) is 0 Å². The minimum absolute atomic E-state index is 0.0220. The van der Waals surface area contributed by atoms with E-state index in [4.69, 9.17) is 9.47 Å². The van der Waals surface area contributed by atoms with Gasteiger partial charge in [0, 0.05) is 11.8 Å². The largest absolute Gasteiger partial charge is 0.497 e. The molecule has 5 aromatic carbocycles. The zero-order chi connectivity index (χ0) is 27.9. The topological polar surface area (TPSA) is 58.9 Å². The van der Waals surface area contributed by atoms with E-state index in [1.54, 1.807) is 14.2 Å². The molecular formula is C36H34O4. The number of aliphatic hydroxyl groups is 2. The Balaban J connectivity index is 1.56. The van der Waals surface area contributed by atoms with Crippen LogP contribution in [0.3, 0.4) is 0 Å². The lowest BCUT2D eigenvalue weighted by Gasteiger charge is -2.23. The fourth-order valence-corrected chi connectivity index (χ4v) is 5.26. The van der Waals surface area contributed by atoms with Crippen LogP contribution < -0.4 is 9.47 Å². The molecule has 4 nitrogen and oxygen atoms in total. The first-order valence-electron chi connectivity index (χ1n) is 13.4. The molecule has 202 valence electrons. The summed E-state index contributed by atoms with van der Waals surface area (Å²) in [5.74, 6) is 1.69. The summed E-state index contributed by atoms with van der Waals surface area (Å²) in [6, 6.07) is 41.6. The van der Waals surface area contributed by atoms with E-state index in [0.717, 1.165) is 44.9 Å². The first kappa shape index (κ1) is 27.2. The molecule has 0 aliphatic rings. The number of ether oxygens (including phenoxy) is 2. The van der Waals surface area contributed by atoms with E-state index in [2.05, 4.69) is 72.8 Å². The number of hydrogen-bond acceptors (Lipinski definition) is 4. The molecule has 0 aliphatic carbocycles. The van der Waals surface area contributed by atoms with E-state index in [9.17, 15) is 10.2 Å². The van der Waals surface area contributed by atoms with Crippen molar-refractivity contribution in [3.8, 4) is 11.5 Å². The highest BCUT2D eigenvalue weighted by atomic mass is 16.5. The molecule has 0 aromatic heterocycles. The average Bonchev–Trinajstić information content (AvgIpc) is 3.03. The predicted molar refractivity (Wildman–Crippen MR) is 159 cm³/mol. The minimum atomic E-state index is 0.0220. The van der Waals surface area contributed by atoms with Crippen LogP contribution in [0, 0.1) is 0 Å². The van der Waals surface area contributed by atoms with Crippen molar-refractivity contribution >= 4 is 0 Å². The van der Waals surface area contributed by atoms with Crippen LogP contribution in [0.4, 0.5) is 0 Å². The third-order valence-corrected chi connectivity index (χ3v) is 7.49. The average molecular weight is 531 g/mol. The second-order valence-electron chi connectivity index (χ2n) is 9.88. The minimum Gasteiger partial charge on any atom is -0.497 e. The van der Waals surface area contributed by atoms with Crippen molar-refractivity contribution in [2.75, 3.05) is 14.2 Å². The van der Waals surface area contributed by atoms with Gasteiger partial charge in [-0.3, -0.25) is 0 Å². The maximum absolute atomic E-state index is 9.55. The van der Waals surface area contributed by atoms with Gasteiger partial charge in [-0.05, 0) is 68.8 Å². The number of rotatable bonds is 10. The molecule has 0 fully saturated rings. The van der Waals surface area contributed by atoms with Gasteiger partial charge in [0.2, 0.25) is 0 Å². The van der Waals surface area contributed by atoms with Crippen molar-refractivity contribution < 1.29 is 19.7 Å². The monoisotopic (exact) mass is 530 g/mol. The lowest BCUT2D eigenvalue weighted by atomic mass is 9.81. The summed E-state index contributed by atoms with van der Waals surface area (Å²) < 4.78 is 10.8. The molecule has 0 saturated carbocycles. The van der Waals surface area contributed by atoms with Crippen LogP contribution in [-0.4, -0.2) is 24.4 Å². The van der Waals surface area contributed by atoms with Gasteiger partial charge >= 0.3 is 0 Å². The second-order valence-corrected chi connectivity index (χ2v) is 9.88. The standard InChI is InChI=1S/C36H34O4/c1-39-33-19-15-31(16-20-33)35(27-7-3-25(23-37)4-8-27)29-11-13-30(14-12-29)36(28-9-5-26(24-38)6-10-28)32-17-21-34(40-2)22-18-32/h3-22,35-38H,23-24H2,1-2H3. The van der Waals surface area contributed by atoms with Crippen LogP contribution in [0.25, 0.3) is 0 Å². The molecule has 4 heteroatoms. The van der Waals surface area contributed by atoms with E-state index in [0.29, 0.717) is 0 Å². The Morgan fingerprint density at radius 1 is 0.400 bits per heavy atom. The molecule has 5 rings (SSSR count). The van der Waals surface area contributed by atoms with Gasteiger partial charge in [-0.1, -0.05) is 97.1 Å². The molecule has 2 unspecified atom stereocenters. The third-order valence-electron chi connectivity index (χ3n) is 7.49.